The van der Waals surface area contributed by atoms with E-state index < -0.39 is 22.8 Å². The SMILES string of the molecule is CC(C)(C)c1ccc2c(c1)=[C]([Zr]=[C](c1ccccc1)c1ccccc1)C1=C(C3=CC=CC3)C(c3ccccc3)(C(C)(C)C)C=C(c3ccccc3)C=21. The van der Waals surface area contributed by atoms with Crippen LogP contribution in [0.5, 0.6) is 0 Å². The van der Waals surface area contributed by atoms with E-state index in [0.29, 0.717) is 0 Å². The Kier molecular flexibility index (Phi) is 9.00. The zero-order valence-electron chi connectivity index (χ0n) is 31.3. The van der Waals surface area contributed by atoms with Crippen LogP contribution in [0.2, 0.25) is 0 Å². The van der Waals surface area contributed by atoms with Gasteiger partial charge in [0, 0.05) is 0 Å². The van der Waals surface area contributed by atoms with Gasteiger partial charge in [0.25, 0.3) is 0 Å². The van der Waals surface area contributed by atoms with Crippen molar-refractivity contribution in [2.75, 3.05) is 0 Å². The van der Waals surface area contributed by atoms with Gasteiger partial charge in [-0.1, -0.05) is 0 Å². The van der Waals surface area contributed by atoms with E-state index in [0.717, 1.165) is 6.42 Å². The number of allylic oxidation sites excluding steroid dienone is 8. The molecule has 0 saturated heterocycles. The quantitative estimate of drug-likeness (QED) is 0.162. The molecule has 1 atom stereocenters. The van der Waals surface area contributed by atoms with Crippen LogP contribution in [-0.4, -0.2) is 3.21 Å². The molecule has 3 aliphatic rings. The molecule has 0 radical (unpaired) electrons. The predicted molar refractivity (Wildman–Crippen MR) is 218 cm³/mol. The van der Waals surface area contributed by atoms with Crippen LogP contribution in [0.4, 0.5) is 0 Å². The van der Waals surface area contributed by atoms with E-state index in [1.807, 2.05) is 0 Å². The average molecular weight is 751 g/mol. The van der Waals surface area contributed by atoms with Gasteiger partial charge in [-0.3, -0.25) is 0 Å². The molecule has 0 spiro atoms. The first-order valence-corrected chi connectivity index (χ1v) is 21.1. The summed E-state index contributed by atoms with van der Waals surface area (Å²) in [6, 6.07) is 52.4. The van der Waals surface area contributed by atoms with Crippen molar-refractivity contribution >= 4 is 17.6 Å². The summed E-state index contributed by atoms with van der Waals surface area (Å²) in [5.74, 6) is 0. The van der Waals surface area contributed by atoms with E-state index in [1.54, 1.807) is 3.28 Å². The van der Waals surface area contributed by atoms with Gasteiger partial charge in [-0.2, -0.15) is 0 Å². The van der Waals surface area contributed by atoms with Gasteiger partial charge in [0.15, 0.2) is 0 Å². The first-order valence-electron chi connectivity index (χ1n) is 18.7. The first kappa shape index (κ1) is 34.6. The molecule has 255 valence electrons. The number of hydrogen-bond donors (Lipinski definition) is 0. The Labute approximate surface area is 321 Å². The van der Waals surface area contributed by atoms with E-state index in [9.17, 15) is 0 Å². The third-order valence-corrected chi connectivity index (χ3v) is 15.1. The average Bonchev–Trinajstić information content (AvgIpc) is 3.80. The van der Waals surface area contributed by atoms with Gasteiger partial charge in [-0.15, -0.1) is 0 Å². The molecule has 1 unspecified atom stereocenters. The first-order chi connectivity index (χ1) is 25.1. The van der Waals surface area contributed by atoms with Crippen molar-refractivity contribution < 1.29 is 22.8 Å². The van der Waals surface area contributed by atoms with Crippen LogP contribution in [0, 0.1) is 5.41 Å². The zero-order valence-corrected chi connectivity index (χ0v) is 33.8. The summed E-state index contributed by atoms with van der Waals surface area (Å²) >= 11 is -1.51. The molecule has 0 amide bonds. The van der Waals surface area contributed by atoms with Crippen LogP contribution >= 0.6 is 0 Å². The van der Waals surface area contributed by atoms with Crippen molar-refractivity contribution in [1.82, 2.24) is 0 Å². The summed E-state index contributed by atoms with van der Waals surface area (Å²) in [5, 5.41) is 2.83. The molecule has 0 aliphatic heterocycles. The second kappa shape index (κ2) is 13.5. The predicted octanol–water partition coefficient (Wildman–Crippen LogP) is 10.9. The number of hydrogen-bond acceptors (Lipinski definition) is 0. The summed E-state index contributed by atoms with van der Waals surface area (Å²) < 4.78 is 3.12. The summed E-state index contributed by atoms with van der Waals surface area (Å²) in [7, 11) is 0. The van der Waals surface area contributed by atoms with Crippen LogP contribution in [0.1, 0.15) is 75.8 Å². The van der Waals surface area contributed by atoms with Gasteiger partial charge in [0.05, 0.1) is 0 Å². The number of fused-ring (bicyclic) bond motifs is 2. The molecular weight excluding hydrogens is 704 g/mol. The molecule has 0 heterocycles. The van der Waals surface area contributed by atoms with Crippen molar-refractivity contribution in [3.63, 3.8) is 0 Å². The van der Waals surface area contributed by atoms with Gasteiger partial charge in [-0.05, 0) is 0 Å². The molecule has 0 saturated carbocycles. The van der Waals surface area contributed by atoms with Crippen LogP contribution in [0.25, 0.3) is 14.4 Å². The molecule has 3 aliphatic carbocycles. The third-order valence-electron chi connectivity index (χ3n) is 11.2. The maximum atomic E-state index is 2.68. The zero-order chi connectivity index (χ0) is 36.1. The molecule has 0 nitrogen and oxygen atoms in total. The second-order valence-corrected chi connectivity index (χ2v) is 19.5. The van der Waals surface area contributed by atoms with Gasteiger partial charge in [0.2, 0.25) is 0 Å². The Morgan fingerprint density at radius 1 is 0.615 bits per heavy atom. The van der Waals surface area contributed by atoms with Crippen molar-refractivity contribution in [3.05, 3.63) is 219 Å². The van der Waals surface area contributed by atoms with E-state index in [4.69, 9.17) is 0 Å². The molecule has 0 fully saturated rings. The summed E-state index contributed by atoms with van der Waals surface area (Å²) in [4.78, 5) is 0. The Morgan fingerprint density at radius 2 is 1.19 bits per heavy atom. The molecule has 1 heteroatoms. The van der Waals surface area contributed by atoms with Crippen molar-refractivity contribution in [2.24, 2.45) is 5.41 Å². The third kappa shape index (κ3) is 5.92. The maximum absolute atomic E-state index is 2.68. The van der Waals surface area contributed by atoms with Gasteiger partial charge in [0.1, 0.15) is 0 Å². The van der Waals surface area contributed by atoms with E-state index >= 15 is 0 Å². The molecule has 52 heavy (non-hydrogen) atoms. The van der Waals surface area contributed by atoms with Crippen LogP contribution in [-0.2, 0) is 33.6 Å². The van der Waals surface area contributed by atoms with E-state index in [-0.39, 0.29) is 16.2 Å². The van der Waals surface area contributed by atoms with Crippen molar-refractivity contribution in [2.45, 2.75) is 58.8 Å². The molecule has 0 bridgehead atoms. The topological polar surface area (TPSA) is 0 Å². The van der Waals surface area contributed by atoms with Gasteiger partial charge >= 0.3 is 323 Å². The monoisotopic (exact) mass is 749 g/mol. The van der Waals surface area contributed by atoms with E-state index in [2.05, 4.69) is 205 Å². The van der Waals surface area contributed by atoms with Crippen molar-refractivity contribution in [1.29, 1.82) is 0 Å². The second-order valence-electron chi connectivity index (χ2n) is 16.4. The van der Waals surface area contributed by atoms with E-state index in [1.165, 1.54) is 69.3 Å². The fraction of sp³-hybridized carbons (Fsp3) is 0.196. The Bertz CT molecular complexity index is 2400. The molecule has 5 aromatic rings. The molecule has 8 rings (SSSR count). The minimum absolute atomic E-state index is 0.0292. The van der Waals surface area contributed by atoms with Crippen LogP contribution in [0.3, 0.4) is 0 Å². The normalized spacial score (nSPS) is 18.1. The van der Waals surface area contributed by atoms with Crippen LogP contribution < -0.4 is 10.4 Å². The minimum atomic E-state index is -1.51. The van der Waals surface area contributed by atoms with Gasteiger partial charge in [-0.25, -0.2) is 0 Å². The fourth-order valence-electron chi connectivity index (χ4n) is 8.54. The molecule has 0 aromatic heterocycles. The number of benzene rings is 5. The molecular formula is C51H47Zr. The fourth-order valence-corrected chi connectivity index (χ4v) is 12.4. The summed E-state index contributed by atoms with van der Waals surface area (Å²) in [5.41, 5.74) is 13.4. The number of rotatable bonds is 6. The molecule has 5 aromatic carbocycles. The Hall–Kier alpha value is -4.45. The Morgan fingerprint density at radius 3 is 1.73 bits per heavy atom. The summed E-state index contributed by atoms with van der Waals surface area (Å²) in [6.45, 7) is 14.4. The summed E-state index contributed by atoms with van der Waals surface area (Å²) in [6.07, 6.45) is 10.7. The van der Waals surface area contributed by atoms with Gasteiger partial charge < -0.3 is 0 Å². The van der Waals surface area contributed by atoms with Crippen LogP contribution in [0.15, 0.2) is 181 Å². The Balaban J connectivity index is 1.62. The molecule has 0 N–H and O–H groups in total. The standard InChI is InChI=1S/C38H37.C13H10.Zr/c1-36(2,3)30-21-22-31-28(23-30)24-32-34(31)33(26-15-9-7-10-16-26)25-38(37(4,5)6,29-19-11-8-12-20-29)35(32)27-17-13-14-18-27;1-3-7-12(8-4-1)11-13-9-5-2-6-10-13;/h7-17,19-23,25H,18H2,1-6H3;1-10H;. The van der Waals surface area contributed by atoms with Crippen molar-refractivity contribution in [3.8, 4) is 0 Å².